The van der Waals surface area contributed by atoms with Gasteiger partial charge >= 0.3 is 12.1 Å². The van der Waals surface area contributed by atoms with Gasteiger partial charge in [0.05, 0.1) is 11.7 Å². The predicted molar refractivity (Wildman–Crippen MR) is 104 cm³/mol. The molecule has 0 radical (unpaired) electrons. The van der Waals surface area contributed by atoms with Crippen LogP contribution in [0.2, 0.25) is 0 Å². The van der Waals surface area contributed by atoms with Crippen molar-refractivity contribution < 1.29 is 41.0 Å². The third-order valence-electron chi connectivity index (χ3n) is 5.22. The Balaban J connectivity index is 0.00000385. The minimum absolute atomic E-state index is 0. The molecule has 1 aliphatic heterocycles. The van der Waals surface area contributed by atoms with E-state index in [1.807, 2.05) is 0 Å². The Morgan fingerprint density at radius 1 is 1.18 bits per heavy atom. The lowest BCUT2D eigenvalue weighted by atomic mass is 10.0. The molecule has 0 saturated heterocycles. The fourth-order valence-corrected chi connectivity index (χ4v) is 3.80. The fourth-order valence-electron chi connectivity index (χ4n) is 3.80. The van der Waals surface area contributed by atoms with Crippen molar-refractivity contribution in [2.45, 2.75) is 44.6 Å². The number of benzene rings is 1. The van der Waals surface area contributed by atoms with E-state index in [1.165, 1.54) is 6.92 Å². The van der Waals surface area contributed by atoms with Crippen LogP contribution in [0.15, 0.2) is 12.1 Å². The number of alkyl halides is 3. The maximum atomic E-state index is 13.8. The summed E-state index contributed by atoms with van der Waals surface area (Å²) in [6.45, 7) is 0.850. The Morgan fingerprint density at radius 3 is 2.36 bits per heavy atom. The number of imidazole rings is 1. The van der Waals surface area contributed by atoms with Gasteiger partial charge in [0.25, 0.3) is 0 Å². The van der Waals surface area contributed by atoms with Gasteiger partial charge in [-0.05, 0) is 25.0 Å². The molecule has 2 unspecified atom stereocenters. The number of amides is 1. The molecule has 33 heavy (non-hydrogen) atoms. The maximum Gasteiger partial charge on any atom is 0.449 e. The number of carbonyl (C=O) groups excluding carboxylic acids is 1. The quantitative estimate of drug-likeness (QED) is 0.484. The molecule has 2 heterocycles. The number of rotatable bonds is 5. The van der Waals surface area contributed by atoms with Gasteiger partial charge in [0.15, 0.2) is 17.3 Å². The number of hydrogen-bond acceptors (Lipinski definition) is 4. The summed E-state index contributed by atoms with van der Waals surface area (Å²) < 4.78 is 80.7. The van der Waals surface area contributed by atoms with Crippen LogP contribution in [-0.4, -0.2) is 44.0 Å². The van der Waals surface area contributed by atoms with Crippen molar-refractivity contribution in [1.29, 1.82) is 0 Å². The van der Waals surface area contributed by atoms with E-state index in [9.17, 15) is 41.0 Å². The summed E-state index contributed by atoms with van der Waals surface area (Å²) in [5, 5.41) is 9.28. The molecule has 0 saturated carbocycles. The Morgan fingerprint density at radius 2 is 1.79 bits per heavy atom. The molecule has 2 atom stereocenters. The van der Waals surface area contributed by atoms with E-state index in [1.54, 1.807) is 0 Å². The number of hydrogen-bond donors (Lipinski definition) is 2. The Hall–Kier alpha value is -2.80. The molecule has 0 bridgehead atoms. The number of nitrogens with zero attached hydrogens (tertiary/aromatic N) is 3. The minimum atomic E-state index is -4.88. The van der Waals surface area contributed by atoms with Crippen molar-refractivity contribution >= 4 is 24.3 Å². The highest BCUT2D eigenvalue weighted by molar-refractivity contribution is 5.87. The SMILES string of the molecule is CC1c2c(C(=O)O)nc(C(F)(F)F)n2CCN1C(=O)CC(N)Cc1cc(F)c(F)cc1F.Cl. The van der Waals surface area contributed by atoms with Gasteiger partial charge in [-0.15, -0.1) is 12.4 Å². The van der Waals surface area contributed by atoms with Crippen LogP contribution in [-0.2, 0) is 23.9 Å². The molecule has 2 aromatic rings. The molecule has 1 aliphatic rings. The molecule has 3 rings (SSSR count). The lowest BCUT2D eigenvalue weighted by Gasteiger charge is -2.36. The van der Waals surface area contributed by atoms with Crippen LogP contribution >= 0.6 is 12.4 Å². The molecular formula is C19H19ClF6N4O3. The van der Waals surface area contributed by atoms with E-state index < -0.39 is 59.1 Å². The zero-order chi connectivity index (χ0) is 24.0. The fraction of sp³-hybridized carbons (Fsp3) is 0.421. The lowest BCUT2D eigenvalue weighted by Crippen LogP contribution is -2.44. The average molecular weight is 501 g/mol. The summed E-state index contributed by atoms with van der Waals surface area (Å²) in [4.78, 5) is 28.5. The van der Waals surface area contributed by atoms with Gasteiger partial charge in [-0.25, -0.2) is 22.9 Å². The molecule has 14 heteroatoms. The topological polar surface area (TPSA) is 101 Å². The molecule has 1 aromatic carbocycles. The number of nitrogens with two attached hydrogens (primary N) is 1. The van der Waals surface area contributed by atoms with Crippen molar-refractivity contribution in [2.24, 2.45) is 5.73 Å². The van der Waals surface area contributed by atoms with Crippen LogP contribution in [0.4, 0.5) is 26.3 Å². The normalized spacial score (nSPS) is 16.7. The molecule has 7 nitrogen and oxygen atoms in total. The van der Waals surface area contributed by atoms with Gasteiger partial charge in [0.1, 0.15) is 5.82 Å². The molecule has 1 amide bonds. The van der Waals surface area contributed by atoms with Crippen LogP contribution in [0, 0.1) is 17.5 Å². The molecule has 182 valence electrons. The van der Waals surface area contributed by atoms with Gasteiger partial charge in [0, 0.05) is 31.6 Å². The Bertz CT molecular complexity index is 1070. The molecule has 0 spiro atoms. The number of fused-ring (bicyclic) bond motifs is 1. The van der Waals surface area contributed by atoms with E-state index in [2.05, 4.69) is 4.98 Å². The summed E-state index contributed by atoms with van der Waals surface area (Å²) in [7, 11) is 0. The first-order valence-corrected chi connectivity index (χ1v) is 9.40. The number of halogens is 7. The van der Waals surface area contributed by atoms with Crippen molar-refractivity contribution in [3.63, 3.8) is 0 Å². The first-order chi connectivity index (χ1) is 14.8. The van der Waals surface area contributed by atoms with Gasteiger partial charge in [0.2, 0.25) is 11.7 Å². The minimum Gasteiger partial charge on any atom is -0.476 e. The zero-order valence-electron chi connectivity index (χ0n) is 17.0. The predicted octanol–water partition coefficient (Wildman–Crippen LogP) is 3.30. The smallest absolute Gasteiger partial charge is 0.449 e. The molecule has 3 N–H and O–H groups in total. The monoisotopic (exact) mass is 500 g/mol. The Kier molecular flexibility index (Phi) is 7.69. The van der Waals surface area contributed by atoms with Crippen molar-refractivity contribution in [3.05, 3.63) is 52.4 Å². The van der Waals surface area contributed by atoms with Gasteiger partial charge in [-0.2, -0.15) is 13.2 Å². The Labute approximate surface area is 189 Å². The summed E-state index contributed by atoms with van der Waals surface area (Å²) in [6.07, 6.45) is -5.57. The van der Waals surface area contributed by atoms with Gasteiger partial charge in [-0.3, -0.25) is 4.79 Å². The largest absolute Gasteiger partial charge is 0.476 e. The first-order valence-electron chi connectivity index (χ1n) is 9.40. The lowest BCUT2D eigenvalue weighted by molar-refractivity contribution is -0.148. The number of aromatic carboxylic acids is 1. The molecule has 0 aliphatic carbocycles. The number of carbonyl (C=O) groups is 2. The highest BCUT2D eigenvalue weighted by Crippen LogP contribution is 2.36. The average Bonchev–Trinajstić information content (AvgIpc) is 3.07. The third kappa shape index (κ3) is 5.24. The van der Waals surface area contributed by atoms with Crippen molar-refractivity contribution in [1.82, 2.24) is 14.5 Å². The van der Waals surface area contributed by atoms with E-state index in [4.69, 9.17) is 5.73 Å². The van der Waals surface area contributed by atoms with E-state index in [0.717, 1.165) is 9.47 Å². The first kappa shape index (κ1) is 26.5. The standard InChI is InChI=1S/C19H18F6N4O3.ClH/c1-8-16-15(17(31)32)27-18(19(23,24)25)29(16)3-2-28(8)14(30)6-10(26)4-9-5-12(21)13(22)7-11(9)20;/h5,7-8,10H,2-4,6,26H2,1H3,(H,31,32);1H. The van der Waals surface area contributed by atoms with E-state index in [0.29, 0.717) is 12.1 Å². The van der Waals surface area contributed by atoms with Crippen LogP contribution in [0.1, 0.15) is 47.0 Å². The second kappa shape index (κ2) is 9.59. The summed E-state index contributed by atoms with van der Waals surface area (Å²) in [5.74, 6) is -7.34. The van der Waals surface area contributed by atoms with Gasteiger partial charge in [-0.1, -0.05) is 0 Å². The highest BCUT2D eigenvalue weighted by Gasteiger charge is 2.43. The highest BCUT2D eigenvalue weighted by atomic mass is 35.5. The van der Waals surface area contributed by atoms with Crippen LogP contribution < -0.4 is 5.73 Å². The zero-order valence-corrected chi connectivity index (χ0v) is 17.8. The summed E-state index contributed by atoms with van der Waals surface area (Å²) in [6, 6.07) is -1.07. The number of carboxylic acids is 1. The molecule has 1 aromatic heterocycles. The molecular weight excluding hydrogens is 482 g/mol. The van der Waals surface area contributed by atoms with Crippen molar-refractivity contribution in [2.75, 3.05) is 6.54 Å². The number of carboxylic acid groups (broad SMARTS) is 1. The maximum absolute atomic E-state index is 13.8. The second-order valence-electron chi connectivity index (χ2n) is 7.41. The summed E-state index contributed by atoms with van der Waals surface area (Å²) >= 11 is 0. The second-order valence-corrected chi connectivity index (χ2v) is 7.41. The van der Waals surface area contributed by atoms with Crippen LogP contribution in [0.3, 0.4) is 0 Å². The van der Waals surface area contributed by atoms with Crippen LogP contribution in [0.5, 0.6) is 0 Å². The third-order valence-corrected chi connectivity index (χ3v) is 5.22. The van der Waals surface area contributed by atoms with E-state index in [-0.39, 0.29) is 49.6 Å². The van der Waals surface area contributed by atoms with E-state index >= 15 is 0 Å². The summed E-state index contributed by atoms with van der Waals surface area (Å²) in [5.41, 5.74) is 4.54. The van der Waals surface area contributed by atoms with Gasteiger partial charge < -0.3 is 20.3 Å². The molecule has 0 fully saturated rings. The van der Waals surface area contributed by atoms with Crippen LogP contribution in [0.25, 0.3) is 0 Å². The van der Waals surface area contributed by atoms with Crippen molar-refractivity contribution in [3.8, 4) is 0 Å². The number of aromatic nitrogens is 2.